The number of ether oxygens (including phenoxy) is 2. The minimum atomic E-state index is -0.342. The smallest absolute Gasteiger partial charge is 0.262 e. The first kappa shape index (κ1) is 23.0. The molecular weight excluding hydrogens is 435 g/mol. The summed E-state index contributed by atoms with van der Waals surface area (Å²) in [4.78, 5) is 12.5. The summed E-state index contributed by atoms with van der Waals surface area (Å²) in [6.45, 7) is 0.245. The molecule has 0 unspecified atom stereocenters. The fourth-order valence-corrected chi connectivity index (χ4v) is 3.98. The van der Waals surface area contributed by atoms with Gasteiger partial charge in [-0.3, -0.25) is 4.79 Å². The van der Waals surface area contributed by atoms with Gasteiger partial charge in [-0.1, -0.05) is 54.6 Å². The average molecular weight is 459 g/mol. The van der Waals surface area contributed by atoms with Crippen LogP contribution in [-0.2, 0) is 11.4 Å². The van der Waals surface area contributed by atoms with Crippen LogP contribution < -0.4 is 14.8 Å². The van der Waals surface area contributed by atoms with E-state index in [1.165, 1.54) is 13.5 Å². The van der Waals surface area contributed by atoms with Crippen molar-refractivity contribution in [1.82, 2.24) is 5.32 Å². The first-order valence-corrected chi connectivity index (χ1v) is 10.9. The highest BCUT2D eigenvalue weighted by Gasteiger charge is 2.18. The number of benzene rings is 2. The number of carbonyl (C=O) groups is 1. The van der Waals surface area contributed by atoms with Gasteiger partial charge in [-0.25, -0.2) is 0 Å². The lowest BCUT2D eigenvalue weighted by Crippen LogP contribution is -2.36. The predicted octanol–water partition coefficient (Wildman–Crippen LogP) is 5.94. The van der Waals surface area contributed by atoms with E-state index in [9.17, 15) is 10.1 Å². The second-order valence-corrected chi connectivity index (χ2v) is 8.26. The maximum atomic E-state index is 12.5. The molecule has 1 aliphatic rings. The lowest BCUT2D eigenvalue weighted by atomic mass is 9.95. The Morgan fingerprint density at radius 1 is 1.16 bits per heavy atom. The summed E-state index contributed by atoms with van der Waals surface area (Å²) in [6.07, 6.45) is 6.89. The molecule has 0 atom stereocenters. The SMILES string of the molecule is COc1cc(/C=C(\C#N)C(=O)NC2CCCCC2)ccc1OCc1ccc(Cl)cc1Cl. The van der Waals surface area contributed by atoms with Crippen LogP contribution in [0.2, 0.25) is 10.0 Å². The number of rotatable bonds is 7. The largest absolute Gasteiger partial charge is 0.493 e. The molecule has 1 aliphatic carbocycles. The van der Waals surface area contributed by atoms with Gasteiger partial charge in [-0.15, -0.1) is 0 Å². The third-order valence-electron chi connectivity index (χ3n) is 5.20. The van der Waals surface area contributed by atoms with Crippen LogP contribution >= 0.6 is 23.2 Å². The number of nitrogens with one attached hydrogen (secondary N) is 1. The molecule has 0 aliphatic heterocycles. The van der Waals surface area contributed by atoms with Crippen LogP contribution in [0.4, 0.5) is 0 Å². The van der Waals surface area contributed by atoms with Crippen molar-refractivity contribution in [3.8, 4) is 17.6 Å². The molecule has 162 valence electrons. The third-order valence-corrected chi connectivity index (χ3v) is 5.79. The van der Waals surface area contributed by atoms with E-state index in [-0.39, 0.29) is 24.1 Å². The number of hydrogen-bond donors (Lipinski definition) is 1. The molecule has 0 spiro atoms. The van der Waals surface area contributed by atoms with Crippen LogP contribution in [0.15, 0.2) is 42.0 Å². The van der Waals surface area contributed by atoms with Crippen LogP contribution in [0.3, 0.4) is 0 Å². The van der Waals surface area contributed by atoms with Crippen molar-refractivity contribution in [2.24, 2.45) is 0 Å². The van der Waals surface area contributed by atoms with E-state index in [4.69, 9.17) is 32.7 Å². The number of halogens is 2. The van der Waals surface area contributed by atoms with E-state index in [1.54, 1.807) is 42.5 Å². The highest BCUT2D eigenvalue weighted by Crippen LogP contribution is 2.31. The molecule has 7 heteroatoms. The molecule has 2 aromatic carbocycles. The number of methoxy groups -OCH3 is 1. The molecule has 1 N–H and O–H groups in total. The van der Waals surface area contributed by atoms with Gasteiger partial charge in [-0.2, -0.15) is 5.26 Å². The van der Waals surface area contributed by atoms with Crippen molar-refractivity contribution in [3.63, 3.8) is 0 Å². The van der Waals surface area contributed by atoms with Crippen LogP contribution in [0.1, 0.15) is 43.2 Å². The molecule has 0 bridgehead atoms. The summed E-state index contributed by atoms with van der Waals surface area (Å²) in [5.41, 5.74) is 1.53. The second-order valence-electron chi connectivity index (χ2n) is 7.41. The summed E-state index contributed by atoms with van der Waals surface area (Å²) < 4.78 is 11.3. The molecule has 1 saturated carbocycles. The lowest BCUT2D eigenvalue weighted by Gasteiger charge is -2.22. The highest BCUT2D eigenvalue weighted by molar-refractivity contribution is 6.35. The zero-order valence-corrected chi connectivity index (χ0v) is 18.8. The molecule has 31 heavy (non-hydrogen) atoms. The predicted molar refractivity (Wildman–Crippen MR) is 122 cm³/mol. The van der Waals surface area contributed by atoms with Crippen molar-refractivity contribution >= 4 is 35.2 Å². The Kier molecular flexibility index (Phi) is 8.22. The first-order chi connectivity index (χ1) is 15.0. The first-order valence-electron chi connectivity index (χ1n) is 10.2. The molecule has 1 fully saturated rings. The summed E-state index contributed by atoms with van der Waals surface area (Å²) in [5, 5.41) is 13.5. The highest BCUT2D eigenvalue weighted by atomic mass is 35.5. The Labute approximate surface area is 192 Å². The monoisotopic (exact) mass is 458 g/mol. The standard InChI is InChI=1S/C24H24Cl2N2O3/c1-30-23-12-16(11-18(14-27)24(29)28-20-5-3-2-4-6-20)7-10-22(23)31-15-17-8-9-19(25)13-21(17)26/h7-13,20H,2-6,15H2,1H3,(H,28,29)/b18-11+. The zero-order chi connectivity index (χ0) is 22.2. The molecule has 2 aromatic rings. The van der Waals surface area contributed by atoms with Crippen LogP contribution in [0.5, 0.6) is 11.5 Å². The van der Waals surface area contributed by atoms with E-state index in [1.807, 2.05) is 6.07 Å². The Bertz CT molecular complexity index is 1010. The minimum absolute atomic E-state index is 0.0641. The molecular formula is C24H24Cl2N2O3. The maximum absolute atomic E-state index is 12.5. The van der Waals surface area contributed by atoms with Gasteiger partial charge < -0.3 is 14.8 Å². The van der Waals surface area contributed by atoms with Gasteiger partial charge in [-0.05, 0) is 48.7 Å². The van der Waals surface area contributed by atoms with Crippen LogP contribution in [0.25, 0.3) is 6.08 Å². The summed E-state index contributed by atoms with van der Waals surface area (Å²) >= 11 is 12.1. The fourth-order valence-electron chi connectivity index (χ4n) is 3.51. The molecule has 0 saturated heterocycles. The van der Waals surface area contributed by atoms with Gasteiger partial charge >= 0.3 is 0 Å². The van der Waals surface area contributed by atoms with E-state index in [0.29, 0.717) is 27.1 Å². The maximum Gasteiger partial charge on any atom is 0.262 e. The number of hydrogen-bond acceptors (Lipinski definition) is 4. The van der Waals surface area contributed by atoms with Crippen molar-refractivity contribution in [1.29, 1.82) is 5.26 Å². The number of nitriles is 1. The van der Waals surface area contributed by atoms with Gasteiger partial charge in [0.25, 0.3) is 5.91 Å². The zero-order valence-electron chi connectivity index (χ0n) is 17.3. The average Bonchev–Trinajstić information content (AvgIpc) is 2.77. The summed E-state index contributed by atoms with van der Waals surface area (Å²) in [6, 6.07) is 12.6. The number of nitrogens with zero attached hydrogens (tertiary/aromatic N) is 1. The van der Waals surface area contributed by atoms with Gasteiger partial charge in [0.15, 0.2) is 11.5 Å². The van der Waals surface area contributed by atoms with Crippen molar-refractivity contribution in [3.05, 3.63) is 63.1 Å². The van der Waals surface area contributed by atoms with Crippen molar-refractivity contribution in [2.45, 2.75) is 44.8 Å². The van der Waals surface area contributed by atoms with E-state index >= 15 is 0 Å². The Balaban J connectivity index is 1.71. The number of amides is 1. The van der Waals surface area contributed by atoms with Crippen molar-refractivity contribution in [2.75, 3.05) is 7.11 Å². The molecule has 0 radical (unpaired) electrons. The van der Waals surface area contributed by atoms with Crippen LogP contribution in [0, 0.1) is 11.3 Å². The molecule has 1 amide bonds. The molecule has 3 rings (SSSR count). The fraction of sp³-hybridized carbons (Fsp3) is 0.333. The molecule has 0 heterocycles. The topological polar surface area (TPSA) is 71.3 Å². The van der Waals surface area contributed by atoms with E-state index in [0.717, 1.165) is 31.2 Å². The Hall–Kier alpha value is -2.68. The van der Waals surface area contributed by atoms with E-state index < -0.39 is 0 Å². The third kappa shape index (κ3) is 6.40. The summed E-state index contributed by atoms with van der Waals surface area (Å²) in [5.74, 6) is 0.672. The van der Waals surface area contributed by atoms with Gasteiger partial charge in [0.1, 0.15) is 18.2 Å². The second kappa shape index (κ2) is 11.1. The number of carbonyl (C=O) groups excluding carboxylic acids is 1. The normalized spacial score (nSPS) is 14.6. The van der Waals surface area contributed by atoms with E-state index in [2.05, 4.69) is 5.32 Å². The Morgan fingerprint density at radius 3 is 2.61 bits per heavy atom. The van der Waals surface area contributed by atoms with Gasteiger partial charge in [0, 0.05) is 21.7 Å². The minimum Gasteiger partial charge on any atom is -0.493 e. The molecule has 5 nitrogen and oxygen atoms in total. The summed E-state index contributed by atoms with van der Waals surface area (Å²) in [7, 11) is 1.53. The Morgan fingerprint density at radius 2 is 1.94 bits per heavy atom. The molecule has 0 aromatic heterocycles. The lowest BCUT2D eigenvalue weighted by molar-refractivity contribution is -0.117. The van der Waals surface area contributed by atoms with Crippen molar-refractivity contribution < 1.29 is 14.3 Å². The quantitative estimate of drug-likeness (QED) is 0.411. The van der Waals surface area contributed by atoms with Gasteiger partial charge in [0.2, 0.25) is 0 Å². The van der Waals surface area contributed by atoms with Crippen LogP contribution in [-0.4, -0.2) is 19.1 Å². The van der Waals surface area contributed by atoms with Gasteiger partial charge in [0.05, 0.1) is 7.11 Å².